The number of allylic oxidation sites excluding steroid dienone is 2. The predicted molar refractivity (Wildman–Crippen MR) is 364 cm³/mol. The number of nitro groups is 2. The summed E-state index contributed by atoms with van der Waals surface area (Å²) in [6, 6.07) is 24.8. The van der Waals surface area contributed by atoms with E-state index in [4.69, 9.17) is 9.84 Å². The minimum Gasteiger partial charge on any atom is -0.508 e. The van der Waals surface area contributed by atoms with E-state index in [2.05, 4.69) is 139 Å². The van der Waals surface area contributed by atoms with Crippen molar-refractivity contribution >= 4 is 39.5 Å². The molecule has 0 bridgehead atoms. The van der Waals surface area contributed by atoms with Crippen molar-refractivity contribution in [1.29, 1.82) is 0 Å². The summed E-state index contributed by atoms with van der Waals surface area (Å²) < 4.78 is 5.97. The van der Waals surface area contributed by atoms with Crippen molar-refractivity contribution in [1.82, 2.24) is 0 Å². The van der Waals surface area contributed by atoms with Gasteiger partial charge in [0.25, 0.3) is 11.4 Å². The molecule has 0 spiro atoms. The molecule has 2 aliphatic rings. The normalized spacial score (nSPS) is 12.9. The van der Waals surface area contributed by atoms with Gasteiger partial charge in [0.15, 0.2) is 11.5 Å². The molecule has 9 nitrogen and oxygen atoms in total. The fourth-order valence-corrected chi connectivity index (χ4v) is 7.74. The van der Waals surface area contributed by atoms with Gasteiger partial charge in [0.1, 0.15) is 5.75 Å². The number of ether oxygens (including phenoxy) is 1. The number of benzene rings is 4. The van der Waals surface area contributed by atoms with Crippen LogP contribution in [-0.2, 0) is 6.42 Å². The van der Waals surface area contributed by atoms with E-state index in [0.29, 0.717) is 28.0 Å². The second-order valence-corrected chi connectivity index (χ2v) is 22.9. The summed E-state index contributed by atoms with van der Waals surface area (Å²) in [6.45, 7) is 41.9. The number of aryl methyl sites for hydroxylation is 2. The van der Waals surface area contributed by atoms with Gasteiger partial charge in [0.05, 0.1) is 38.1 Å². The van der Waals surface area contributed by atoms with Gasteiger partial charge >= 0.3 is 0 Å². The van der Waals surface area contributed by atoms with E-state index in [1.807, 2.05) is 63.3 Å². The summed E-state index contributed by atoms with van der Waals surface area (Å²) in [7, 11) is 0. The second-order valence-electron chi connectivity index (χ2n) is 22.0. The van der Waals surface area contributed by atoms with Crippen LogP contribution >= 0.6 is 15.9 Å². The number of hydrogen-bond acceptors (Lipinski definition) is 7. The number of nitro benzene ring substituents is 2. The van der Waals surface area contributed by atoms with E-state index in [1.54, 1.807) is 30.4 Å². The number of para-hydroxylation sites is 1. The minimum atomic E-state index is -0.505. The second kappa shape index (κ2) is 56.5. The maximum absolute atomic E-state index is 10.6. The number of phenols is 2. The zero-order chi connectivity index (χ0) is 63.3. The molecular weight excluding hydrogens is 1080 g/mol. The molecule has 2 aliphatic carbocycles. The van der Waals surface area contributed by atoms with Crippen molar-refractivity contribution in [3.8, 4) is 17.2 Å². The maximum atomic E-state index is 10.6. The highest BCUT2D eigenvalue weighted by Gasteiger charge is 2.17. The number of phenolic OH excluding ortho intramolecular Hbond substituents is 2. The highest BCUT2D eigenvalue weighted by molar-refractivity contribution is 9.10. The molecule has 0 aromatic heterocycles. The van der Waals surface area contributed by atoms with Crippen molar-refractivity contribution in [3.05, 3.63) is 144 Å². The van der Waals surface area contributed by atoms with E-state index >= 15 is 0 Å². The highest BCUT2D eigenvalue weighted by Crippen LogP contribution is 2.36. The van der Waals surface area contributed by atoms with E-state index in [9.17, 15) is 25.3 Å². The minimum absolute atomic E-state index is 0.0744. The van der Waals surface area contributed by atoms with Crippen molar-refractivity contribution in [2.75, 3.05) is 6.61 Å². The molecule has 2 fully saturated rings. The lowest BCUT2D eigenvalue weighted by Crippen LogP contribution is -2.04. The van der Waals surface area contributed by atoms with Gasteiger partial charge in [-0.05, 0) is 120 Å². The summed E-state index contributed by atoms with van der Waals surface area (Å²) in [5, 5.41) is 39.8. The Morgan fingerprint density at radius 1 is 0.598 bits per heavy atom. The van der Waals surface area contributed by atoms with E-state index in [-0.39, 0.29) is 27.8 Å². The first-order valence-corrected chi connectivity index (χ1v) is 32.5. The Morgan fingerprint density at radius 2 is 1.06 bits per heavy atom. The molecule has 0 radical (unpaired) electrons. The number of hydrogen-bond donors (Lipinski definition) is 2. The van der Waals surface area contributed by atoms with Gasteiger partial charge in [-0.2, -0.15) is 0 Å². The van der Waals surface area contributed by atoms with Crippen LogP contribution in [0.2, 0.25) is 0 Å². The van der Waals surface area contributed by atoms with Gasteiger partial charge in [-0.1, -0.05) is 286 Å². The molecule has 0 aliphatic heterocycles. The molecule has 0 amide bonds. The Labute approximate surface area is 512 Å². The lowest BCUT2D eigenvalue weighted by atomic mass is 9.88. The molecule has 82 heavy (non-hydrogen) atoms. The number of rotatable bonds is 17. The Balaban J connectivity index is -0.000000424. The lowest BCUT2D eigenvalue weighted by Gasteiger charge is -2.18. The van der Waals surface area contributed by atoms with Gasteiger partial charge < -0.3 is 14.9 Å². The van der Waals surface area contributed by atoms with Crippen LogP contribution in [0.3, 0.4) is 0 Å². The van der Waals surface area contributed by atoms with Crippen LogP contribution in [-0.4, -0.2) is 26.7 Å². The third-order valence-corrected chi connectivity index (χ3v) is 14.3. The molecule has 468 valence electrons. The summed E-state index contributed by atoms with van der Waals surface area (Å²) in [5.41, 5.74) is 3.72. The standard InChI is InChI=1S/C10H13BrO2.C10H11NO3.C10H11NO2.C8H16.C8H18.C7H8.C6H14.C5H10.C5H12.C3H8/c1-3-7-5-8(11)10(12)9(6-7)13-4-2;1-2-3-4-8-5-6-9(12)7-10(8)11(13)14;1-2-3-6-9-7-4-5-8-10(9)11(12)13;1-2-8-6-4-3-5-7-8;1-5-7(3)8(4)6-2;1-7-5-3-2-4-6-7;1-4-5-6(2)3;1-2-5-3-4-5;1-4-5(2)3;1-3-2/h5-6,12H,3-4H2,1-2H3;3-7,12H,2H2,1H3;3-8H,2H2,1H3;8H,2-7H2,1H3;7-8H,5-6H2,1-4H3;2-6H,1H3;6H,4-5H2,1-3H3;5H,2-4H2,1H3;5H,4H2,1-3H3;3H2,1-2H3/b;4-3-;6-3-;;;;;;;. The highest BCUT2D eigenvalue weighted by atomic mass is 79.9. The molecule has 4 aromatic rings. The summed E-state index contributed by atoms with van der Waals surface area (Å²) in [5.74, 6) is 6.47. The monoisotopic (exact) mass is 1200 g/mol. The summed E-state index contributed by atoms with van der Waals surface area (Å²) >= 11 is 3.28. The molecule has 4 aromatic carbocycles. The van der Waals surface area contributed by atoms with E-state index < -0.39 is 4.92 Å². The maximum Gasteiger partial charge on any atom is 0.280 e. The van der Waals surface area contributed by atoms with Crippen molar-refractivity contribution in [2.45, 2.75) is 247 Å². The average Bonchev–Trinajstić information content (AvgIpc) is 4.33. The molecule has 0 saturated heterocycles. The molecule has 2 atom stereocenters. The van der Waals surface area contributed by atoms with Crippen LogP contribution in [0.4, 0.5) is 11.4 Å². The molecule has 2 saturated carbocycles. The van der Waals surface area contributed by atoms with Crippen molar-refractivity contribution in [2.24, 2.45) is 35.5 Å². The SMILES string of the molecule is CC/C=C\c1ccc(O)cc1[N+](=O)[O-].CC/C=C\c1ccccc1[N+](=O)[O-].CCC.CCC(C)C.CCC(C)C(C)CC.CCC1CC1.CCC1CCCCC1.CCCC(C)C.CCOc1cc(CC)cc(Br)c1O.Cc1ccccc1. The quantitative estimate of drug-likeness (QED) is 0.0794. The zero-order valence-electron chi connectivity index (χ0n) is 55.5. The van der Waals surface area contributed by atoms with Gasteiger partial charge in [0.2, 0.25) is 0 Å². The Morgan fingerprint density at radius 3 is 1.39 bits per heavy atom. The fourth-order valence-electron chi connectivity index (χ4n) is 7.25. The lowest BCUT2D eigenvalue weighted by molar-refractivity contribution is -0.385. The van der Waals surface area contributed by atoms with Crippen LogP contribution in [0, 0.1) is 62.7 Å². The van der Waals surface area contributed by atoms with E-state index in [1.165, 1.54) is 120 Å². The van der Waals surface area contributed by atoms with Crippen LogP contribution in [0.15, 0.2) is 102 Å². The first-order valence-electron chi connectivity index (χ1n) is 31.7. The van der Waals surface area contributed by atoms with E-state index in [0.717, 1.165) is 66.4 Å². The van der Waals surface area contributed by atoms with Crippen molar-refractivity contribution in [3.63, 3.8) is 0 Å². The molecule has 2 unspecified atom stereocenters. The summed E-state index contributed by atoms with van der Waals surface area (Å²) in [4.78, 5) is 20.3. The summed E-state index contributed by atoms with van der Waals surface area (Å²) in [6.07, 6.45) is 31.1. The Hall–Kier alpha value is -4.96. The van der Waals surface area contributed by atoms with Gasteiger partial charge in [-0.15, -0.1) is 0 Å². The Bertz CT molecular complexity index is 2150. The van der Waals surface area contributed by atoms with Crippen LogP contribution in [0.5, 0.6) is 17.2 Å². The molecule has 6 rings (SSSR count). The first-order chi connectivity index (χ1) is 39.0. The zero-order valence-corrected chi connectivity index (χ0v) is 57.1. The Kier molecular flexibility index (Phi) is 57.6. The molecular formula is C72H121BrN2O7. The number of nitrogens with zero attached hydrogens (tertiary/aromatic N) is 2. The smallest absolute Gasteiger partial charge is 0.280 e. The first kappa shape index (κ1) is 83.5. The number of aromatic hydroxyl groups is 2. The number of halogens is 1. The van der Waals surface area contributed by atoms with Gasteiger partial charge in [0, 0.05) is 6.07 Å². The van der Waals surface area contributed by atoms with Crippen molar-refractivity contribution < 1.29 is 24.8 Å². The van der Waals surface area contributed by atoms with Gasteiger partial charge in [-0.3, -0.25) is 20.2 Å². The van der Waals surface area contributed by atoms with Gasteiger partial charge in [-0.25, -0.2) is 0 Å². The topological polar surface area (TPSA) is 136 Å². The third-order valence-electron chi connectivity index (χ3n) is 13.7. The van der Waals surface area contributed by atoms with Crippen LogP contribution < -0.4 is 4.74 Å². The average molecular weight is 1210 g/mol. The molecule has 0 heterocycles. The molecule has 2 N–H and O–H groups in total. The molecule has 10 heteroatoms. The largest absolute Gasteiger partial charge is 0.508 e. The van der Waals surface area contributed by atoms with Crippen LogP contribution in [0.1, 0.15) is 256 Å². The fraction of sp³-hybridized carbons (Fsp3) is 0.611. The predicted octanol–water partition coefficient (Wildman–Crippen LogP) is 24.6. The van der Waals surface area contributed by atoms with Crippen LogP contribution in [0.25, 0.3) is 12.2 Å². The third kappa shape index (κ3) is 48.6.